The summed E-state index contributed by atoms with van der Waals surface area (Å²) in [5.41, 5.74) is 1.88. The van der Waals surface area contributed by atoms with Gasteiger partial charge in [0.15, 0.2) is 0 Å². The molecule has 3 aromatic rings. The Kier molecular flexibility index (Phi) is 4.65. The normalized spacial score (nSPS) is 17.0. The number of nitrogens with zero attached hydrogens (tertiary/aromatic N) is 5. The predicted molar refractivity (Wildman–Crippen MR) is 101 cm³/mol. The first kappa shape index (κ1) is 16.3. The first-order valence-electron chi connectivity index (χ1n) is 8.99. The van der Waals surface area contributed by atoms with E-state index in [-0.39, 0.29) is 0 Å². The Morgan fingerprint density at radius 2 is 2.00 bits per heavy atom. The standard InChI is InChI=1S/C21H21N5/c22-13-18-8-9-20(24-14-18)25-11-4-7-19(16-25)21-23-10-12-26(21)15-17-5-2-1-3-6-17/h1-3,5-6,8-10,12,14,19H,4,7,11,15-16H2. The third-order valence-corrected chi connectivity index (χ3v) is 4.93. The van der Waals surface area contributed by atoms with Crippen molar-refractivity contribution in [3.05, 3.63) is 78.0 Å². The van der Waals surface area contributed by atoms with E-state index in [0.29, 0.717) is 11.5 Å². The molecule has 2 aromatic heterocycles. The maximum absolute atomic E-state index is 8.94. The van der Waals surface area contributed by atoms with Gasteiger partial charge in [0.2, 0.25) is 0 Å². The van der Waals surface area contributed by atoms with Crippen LogP contribution in [0.1, 0.15) is 35.7 Å². The van der Waals surface area contributed by atoms with Crippen molar-refractivity contribution >= 4 is 5.82 Å². The van der Waals surface area contributed by atoms with E-state index in [1.807, 2.05) is 24.4 Å². The minimum atomic E-state index is 0.389. The first-order valence-corrected chi connectivity index (χ1v) is 8.99. The minimum Gasteiger partial charge on any atom is -0.356 e. The molecule has 0 spiro atoms. The molecule has 0 amide bonds. The van der Waals surface area contributed by atoms with Gasteiger partial charge < -0.3 is 9.47 Å². The van der Waals surface area contributed by atoms with Gasteiger partial charge in [-0.3, -0.25) is 0 Å². The molecule has 26 heavy (non-hydrogen) atoms. The molecule has 1 fully saturated rings. The molecule has 0 N–H and O–H groups in total. The van der Waals surface area contributed by atoms with Gasteiger partial charge in [0.1, 0.15) is 17.7 Å². The fourth-order valence-electron chi connectivity index (χ4n) is 3.63. The predicted octanol–water partition coefficient (Wildman–Crippen LogP) is 3.58. The van der Waals surface area contributed by atoms with Crippen molar-refractivity contribution in [2.24, 2.45) is 0 Å². The van der Waals surface area contributed by atoms with E-state index < -0.39 is 0 Å². The molecule has 0 radical (unpaired) electrons. The highest BCUT2D eigenvalue weighted by atomic mass is 15.2. The molecule has 4 rings (SSSR count). The fraction of sp³-hybridized carbons (Fsp3) is 0.286. The number of hydrogen-bond acceptors (Lipinski definition) is 4. The molecular formula is C21H21N5. The summed E-state index contributed by atoms with van der Waals surface area (Å²) in [6.45, 7) is 2.75. The smallest absolute Gasteiger partial charge is 0.128 e. The van der Waals surface area contributed by atoms with Crippen molar-refractivity contribution in [1.82, 2.24) is 14.5 Å². The summed E-state index contributed by atoms with van der Waals surface area (Å²) in [6, 6.07) is 16.4. The van der Waals surface area contributed by atoms with Crippen molar-refractivity contribution in [3.8, 4) is 6.07 Å². The fourth-order valence-corrected chi connectivity index (χ4v) is 3.63. The molecule has 0 bridgehead atoms. The summed E-state index contributed by atoms with van der Waals surface area (Å²) in [6.07, 6.45) is 7.87. The van der Waals surface area contributed by atoms with Gasteiger partial charge in [-0.15, -0.1) is 0 Å². The second-order valence-corrected chi connectivity index (χ2v) is 6.70. The number of aromatic nitrogens is 3. The lowest BCUT2D eigenvalue weighted by Gasteiger charge is -2.33. The van der Waals surface area contributed by atoms with Crippen LogP contribution in [0.5, 0.6) is 0 Å². The molecule has 3 heterocycles. The van der Waals surface area contributed by atoms with Crippen LogP contribution in [0.15, 0.2) is 61.1 Å². The highest BCUT2D eigenvalue weighted by molar-refractivity contribution is 5.42. The highest BCUT2D eigenvalue weighted by Gasteiger charge is 2.25. The van der Waals surface area contributed by atoms with Crippen LogP contribution in [0.4, 0.5) is 5.82 Å². The third kappa shape index (κ3) is 3.45. The monoisotopic (exact) mass is 343 g/mol. The number of rotatable bonds is 4. The number of pyridine rings is 1. The van der Waals surface area contributed by atoms with Gasteiger partial charge in [-0.05, 0) is 30.5 Å². The van der Waals surface area contributed by atoms with E-state index in [1.165, 1.54) is 5.56 Å². The molecule has 5 nitrogen and oxygen atoms in total. The van der Waals surface area contributed by atoms with Crippen LogP contribution in [0.3, 0.4) is 0 Å². The number of imidazole rings is 1. The second-order valence-electron chi connectivity index (χ2n) is 6.70. The van der Waals surface area contributed by atoms with E-state index in [2.05, 4.69) is 56.0 Å². The zero-order valence-electron chi connectivity index (χ0n) is 14.6. The Labute approximate surface area is 153 Å². The van der Waals surface area contributed by atoms with Crippen molar-refractivity contribution in [1.29, 1.82) is 5.26 Å². The molecule has 1 aliphatic rings. The van der Waals surface area contributed by atoms with Gasteiger partial charge in [-0.2, -0.15) is 5.26 Å². The van der Waals surface area contributed by atoms with Crippen LogP contribution in [0, 0.1) is 11.3 Å². The minimum absolute atomic E-state index is 0.389. The Bertz CT molecular complexity index is 892. The summed E-state index contributed by atoms with van der Waals surface area (Å²) in [5, 5.41) is 8.94. The maximum atomic E-state index is 8.94. The van der Waals surface area contributed by atoms with Gasteiger partial charge in [0.25, 0.3) is 0 Å². The van der Waals surface area contributed by atoms with Crippen LogP contribution in [0.2, 0.25) is 0 Å². The number of hydrogen-bond donors (Lipinski definition) is 0. The lowest BCUT2D eigenvalue weighted by molar-refractivity contribution is 0.474. The molecule has 5 heteroatoms. The quantitative estimate of drug-likeness (QED) is 0.726. The summed E-state index contributed by atoms with van der Waals surface area (Å²) >= 11 is 0. The molecule has 1 atom stereocenters. The Hall–Kier alpha value is -3.13. The Morgan fingerprint density at radius 1 is 1.12 bits per heavy atom. The lowest BCUT2D eigenvalue weighted by atomic mass is 9.97. The largest absolute Gasteiger partial charge is 0.356 e. The Morgan fingerprint density at radius 3 is 2.77 bits per heavy atom. The van der Waals surface area contributed by atoms with E-state index in [4.69, 9.17) is 5.26 Å². The average Bonchev–Trinajstić information content (AvgIpc) is 3.17. The van der Waals surface area contributed by atoms with E-state index >= 15 is 0 Å². The van der Waals surface area contributed by atoms with Crippen LogP contribution in [-0.4, -0.2) is 27.6 Å². The van der Waals surface area contributed by atoms with Crippen molar-refractivity contribution < 1.29 is 0 Å². The second kappa shape index (κ2) is 7.40. The molecule has 1 aromatic carbocycles. The van der Waals surface area contributed by atoms with Gasteiger partial charge in [-0.25, -0.2) is 9.97 Å². The lowest BCUT2D eigenvalue weighted by Crippen LogP contribution is -2.36. The van der Waals surface area contributed by atoms with Gasteiger partial charge >= 0.3 is 0 Å². The van der Waals surface area contributed by atoms with Crippen LogP contribution in [0.25, 0.3) is 0 Å². The van der Waals surface area contributed by atoms with E-state index in [9.17, 15) is 0 Å². The molecular weight excluding hydrogens is 322 g/mol. The summed E-state index contributed by atoms with van der Waals surface area (Å²) < 4.78 is 2.26. The number of nitriles is 1. The molecule has 0 saturated carbocycles. The van der Waals surface area contributed by atoms with E-state index in [0.717, 1.165) is 44.1 Å². The van der Waals surface area contributed by atoms with Crippen LogP contribution < -0.4 is 4.90 Å². The molecule has 0 aliphatic carbocycles. The molecule has 1 unspecified atom stereocenters. The van der Waals surface area contributed by atoms with Crippen LogP contribution in [-0.2, 0) is 6.54 Å². The number of piperidine rings is 1. The van der Waals surface area contributed by atoms with Gasteiger partial charge in [-0.1, -0.05) is 30.3 Å². The summed E-state index contributed by atoms with van der Waals surface area (Å²) in [4.78, 5) is 11.4. The van der Waals surface area contributed by atoms with E-state index in [1.54, 1.807) is 6.20 Å². The Balaban J connectivity index is 1.51. The highest BCUT2D eigenvalue weighted by Crippen LogP contribution is 2.28. The summed E-state index contributed by atoms with van der Waals surface area (Å²) in [7, 11) is 0. The zero-order valence-corrected chi connectivity index (χ0v) is 14.6. The topological polar surface area (TPSA) is 57.7 Å². The zero-order chi connectivity index (χ0) is 17.8. The molecule has 130 valence electrons. The van der Waals surface area contributed by atoms with Crippen molar-refractivity contribution in [2.45, 2.75) is 25.3 Å². The van der Waals surface area contributed by atoms with Gasteiger partial charge in [0.05, 0.1) is 5.56 Å². The SMILES string of the molecule is N#Cc1ccc(N2CCCC(c3nccn3Cc3ccccc3)C2)nc1. The maximum Gasteiger partial charge on any atom is 0.128 e. The molecule has 1 saturated heterocycles. The summed E-state index contributed by atoms with van der Waals surface area (Å²) in [5.74, 6) is 2.47. The van der Waals surface area contributed by atoms with Gasteiger partial charge in [0, 0.05) is 44.1 Å². The van der Waals surface area contributed by atoms with Crippen LogP contribution >= 0.6 is 0 Å². The van der Waals surface area contributed by atoms with Crippen molar-refractivity contribution in [3.63, 3.8) is 0 Å². The molecule has 1 aliphatic heterocycles. The number of benzene rings is 1. The van der Waals surface area contributed by atoms with Crippen molar-refractivity contribution in [2.75, 3.05) is 18.0 Å². The first-order chi connectivity index (χ1) is 12.8. The average molecular weight is 343 g/mol. The number of anilines is 1. The third-order valence-electron chi connectivity index (χ3n) is 4.93.